The first kappa shape index (κ1) is 21.2. The van der Waals surface area contributed by atoms with Gasteiger partial charge in [0.1, 0.15) is 18.5 Å². The number of para-hydroxylation sites is 1. The summed E-state index contributed by atoms with van der Waals surface area (Å²) in [4.78, 5) is 32.5. The highest BCUT2D eigenvalue weighted by atomic mass is 16.6. The van der Waals surface area contributed by atoms with Crippen LogP contribution in [0.1, 0.15) is 41.2 Å². The number of carbonyl (C=O) groups is 2. The van der Waals surface area contributed by atoms with Crippen molar-refractivity contribution < 1.29 is 14.3 Å². The third-order valence-electron chi connectivity index (χ3n) is 6.50. The summed E-state index contributed by atoms with van der Waals surface area (Å²) in [5.74, 6) is 0.798. The highest BCUT2D eigenvalue weighted by Crippen LogP contribution is 2.33. The maximum atomic E-state index is 13.3. The summed E-state index contributed by atoms with van der Waals surface area (Å²) in [6.45, 7) is 3.52. The Kier molecular flexibility index (Phi) is 5.86. The zero-order chi connectivity index (χ0) is 22.8. The quantitative estimate of drug-likeness (QED) is 0.647. The molecule has 2 aliphatic rings. The minimum atomic E-state index is -0.648. The lowest BCUT2D eigenvalue weighted by molar-refractivity contribution is -0.122. The van der Waals surface area contributed by atoms with Crippen molar-refractivity contribution in [3.63, 3.8) is 0 Å². The standard InChI is InChI=1S/C26H28N4O3/c1-18-28-21(23-13-7-8-14-29(18)23)16-27-25(31)24-15-20-11-5-6-12-22(20)30(24)26(32)33-17-19-9-3-2-4-10-19/h2-6,9-12,24H,7-8,13-17H2,1H3,(H,27,31). The SMILES string of the molecule is Cc1nc(CNC(=O)C2Cc3ccccc3N2C(=O)OCc2ccccc2)c2n1CCCC2. The van der Waals surface area contributed by atoms with Crippen molar-refractivity contribution in [2.45, 2.75) is 58.3 Å². The zero-order valence-corrected chi connectivity index (χ0v) is 18.8. The Labute approximate surface area is 193 Å². The molecule has 1 unspecified atom stereocenters. The molecule has 1 aromatic heterocycles. The van der Waals surface area contributed by atoms with Crippen LogP contribution in [0.4, 0.5) is 10.5 Å². The Morgan fingerprint density at radius 1 is 1.09 bits per heavy atom. The Morgan fingerprint density at radius 2 is 1.88 bits per heavy atom. The molecule has 3 heterocycles. The van der Waals surface area contributed by atoms with Gasteiger partial charge in [0.25, 0.3) is 0 Å². The number of nitrogens with one attached hydrogen (secondary N) is 1. The molecule has 1 N–H and O–H groups in total. The smallest absolute Gasteiger partial charge is 0.415 e. The van der Waals surface area contributed by atoms with Gasteiger partial charge in [-0.2, -0.15) is 0 Å². The molecule has 3 aromatic rings. The van der Waals surface area contributed by atoms with Crippen molar-refractivity contribution >= 4 is 17.7 Å². The molecule has 170 valence electrons. The van der Waals surface area contributed by atoms with Crippen LogP contribution >= 0.6 is 0 Å². The number of aromatic nitrogens is 2. The Hall–Kier alpha value is -3.61. The molecule has 2 aliphatic heterocycles. The van der Waals surface area contributed by atoms with Crippen LogP contribution < -0.4 is 10.2 Å². The largest absolute Gasteiger partial charge is 0.444 e. The average molecular weight is 445 g/mol. The Balaban J connectivity index is 1.31. The number of fused-ring (bicyclic) bond motifs is 2. The summed E-state index contributed by atoms with van der Waals surface area (Å²) in [7, 11) is 0. The molecule has 5 rings (SSSR count). The fourth-order valence-corrected chi connectivity index (χ4v) is 4.85. The Bertz CT molecular complexity index is 1170. The summed E-state index contributed by atoms with van der Waals surface area (Å²) in [6, 6.07) is 16.5. The lowest BCUT2D eigenvalue weighted by atomic mass is 10.1. The van der Waals surface area contributed by atoms with Crippen LogP contribution in [0.3, 0.4) is 0 Å². The molecule has 7 heteroatoms. The molecule has 2 amide bonds. The van der Waals surface area contributed by atoms with E-state index in [1.807, 2.05) is 61.5 Å². The number of imidazole rings is 1. The molecule has 1 atom stereocenters. The van der Waals surface area contributed by atoms with Gasteiger partial charge in [-0.3, -0.25) is 9.69 Å². The van der Waals surface area contributed by atoms with E-state index < -0.39 is 12.1 Å². The topological polar surface area (TPSA) is 76.5 Å². The van der Waals surface area contributed by atoms with E-state index in [1.165, 1.54) is 10.6 Å². The summed E-state index contributed by atoms with van der Waals surface area (Å²) < 4.78 is 7.83. The first-order valence-corrected chi connectivity index (χ1v) is 11.5. The second kappa shape index (κ2) is 9.10. The molecule has 33 heavy (non-hydrogen) atoms. The minimum absolute atomic E-state index is 0.159. The average Bonchev–Trinajstić information content (AvgIpc) is 3.40. The van der Waals surface area contributed by atoms with Crippen molar-refractivity contribution in [2.24, 2.45) is 0 Å². The van der Waals surface area contributed by atoms with Crippen LogP contribution in [-0.2, 0) is 42.1 Å². The van der Waals surface area contributed by atoms with Crippen molar-refractivity contribution in [1.29, 1.82) is 0 Å². The number of anilines is 1. The minimum Gasteiger partial charge on any atom is -0.444 e. The van der Waals surface area contributed by atoms with E-state index in [-0.39, 0.29) is 12.5 Å². The molecule has 0 bridgehead atoms. The second-order valence-corrected chi connectivity index (χ2v) is 8.64. The predicted octanol–water partition coefficient (Wildman–Crippen LogP) is 3.91. The van der Waals surface area contributed by atoms with Gasteiger partial charge in [0, 0.05) is 18.7 Å². The molecular formula is C26H28N4O3. The predicted molar refractivity (Wildman–Crippen MR) is 125 cm³/mol. The highest BCUT2D eigenvalue weighted by Gasteiger charge is 2.39. The van der Waals surface area contributed by atoms with Gasteiger partial charge < -0.3 is 14.6 Å². The molecule has 0 spiro atoms. The van der Waals surface area contributed by atoms with Gasteiger partial charge >= 0.3 is 6.09 Å². The number of benzene rings is 2. The van der Waals surface area contributed by atoms with Crippen LogP contribution in [0.2, 0.25) is 0 Å². The van der Waals surface area contributed by atoms with Crippen molar-refractivity contribution in [2.75, 3.05) is 4.90 Å². The number of carbonyl (C=O) groups excluding carboxylic acids is 2. The van der Waals surface area contributed by atoms with E-state index in [0.717, 1.165) is 54.1 Å². The summed E-state index contributed by atoms with van der Waals surface area (Å²) in [5.41, 5.74) is 4.73. The second-order valence-electron chi connectivity index (χ2n) is 8.64. The molecular weight excluding hydrogens is 416 g/mol. The molecule has 2 aromatic carbocycles. The van der Waals surface area contributed by atoms with Crippen molar-refractivity contribution in [3.8, 4) is 0 Å². The van der Waals surface area contributed by atoms with Crippen molar-refractivity contribution in [1.82, 2.24) is 14.9 Å². The fraction of sp³-hybridized carbons (Fsp3) is 0.346. The maximum Gasteiger partial charge on any atom is 0.415 e. The van der Waals surface area contributed by atoms with Gasteiger partial charge in [-0.1, -0.05) is 48.5 Å². The van der Waals surface area contributed by atoms with Gasteiger partial charge in [0.15, 0.2) is 0 Å². The first-order chi connectivity index (χ1) is 16.1. The molecule has 7 nitrogen and oxygen atoms in total. The van der Waals surface area contributed by atoms with E-state index in [0.29, 0.717) is 13.0 Å². The molecule has 0 fully saturated rings. The number of nitrogens with zero attached hydrogens (tertiary/aromatic N) is 3. The van der Waals surface area contributed by atoms with Crippen LogP contribution in [0, 0.1) is 6.92 Å². The van der Waals surface area contributed by atoms with Crippen LogP contribution in [0.5, 0.6) is 0 Å². The molecule has 0 saturated heterocycles. The molecule has 0 aliphatic carbocycles. The number of hydrogen-bond donors (Lipinski definition) is 1. The van der Waals surface area contributed by atoms with Crippen LogP contribution in [0.25, 0.3) is 0 Å². The van der Waals surface area contributed by atoms with Gasteiger partial charge in [-0.25, -0.2) is 9.78 Å². The maximum absolute atomic E-state index is 13.3. The van der Waals surface area contributed by atoms with Gasteiger partial charge in [-0.15, -0.1) is 0 Å². The van der Waals surface area contributed by atoms with E-state index in [1.54, 1.807) is 0 Å². The van der Waals surface area contributed by atoms with Crippen LogP contribution in [0.15, 0.2) is 54.6 Å². The number of ether oxygens (including phenoxy) is 1. The van der Waals surface area contributed by atoms with Gasteiger partial charge in [-0.05, 0) is 43.4 Å². The fourth-order valence-electron chi connectivity index (χ4n) is 4.85. The lowest BCUT2D eigenvalue weighted by Crippen LogP contribution is -2.48. The monoisotopic (exact) mass is 444 g/mol. The van der Waals surface area contributed by atoms with E-state index in [4.69, 9.17) is 9.72 Å². The normalized spacial score (nSPS) is 16.8. The number of hydrogen-bond acceptors (Lipinski definition) is 4. The Morgan fingerprint density at radius 3 is 2.73 bits per heavy atom. The van der Waals surface area contributed by atoms with Crippen molar-refractivity contribution in [3.05, 3.63) is 82.9 Å². The highest BCUT2D eigenvalue weighted by molar-refractivity contribution is 6.00. The zero-order valence-electron chi connectivity index (χ0n) is 18.8. The first-order valence-electron chi connectivity index (χ1n) is 11.5. The van der Waals surface area contributed by atoms with E-state index in [2.05, 4.69) is 9.88 Å². The third kappa shape index (κ3) is 4.23. The number of aryl methyl sites for hydroxylation is 1. The number of amides is 2. The summed E-state index contributed by atoms with van der Waals surface area (Å²) in [5, 5.41) is 3.03. The van der Waals surface area contributed by atoms with Gasteiger partial charge in [0.2, 0.25) is 5.91 Å². The molecule has 0 radical (unpaired) electrons. The van der Waals surface area contributed by atoms with E-state index in [9.17, 15) is 9.59 Å². The third-order valence-corrected chi connectivity index (χ3v) is 6.50. The van der Waals surface area contributed by atoms with Gasteiger partial charge in [0.05, 0.1) is 17.9 Å². The number of rotatable bonds is 5. The summed E-state index contributed by atoms with van der Waals surface area (Å²) >= 11 is 0. The molecule has 0 saturated carbocycles. The summed E-state index contributed by atoms with van der Waals surface area (Å²) in [6.07, 6.45) is 3.24. The van der Waals surface area contributed by atoms with E-state index >= 15 is 0 Å². The van der Waals surface area contributed by atoms with Crippen LogP contribution in [-0.4, -0.2) is 27.6 Å². The lowest BCUT2D eigenvalue weighted by Gasteiger charge is -2.24.